The molecule has 0 aliphatic rings. The maximum Gasteiger partial charge on any atom is 0.243 e. The summed E-state index contributed by atoms with van der Waals surface area (Å²) in [7, 11) is 2.18. The van der Waals surface area contributed by atoms with Crippen molar-refractivity contribution in [2.24, 2.45) is 0 Å². The average molecular weight is 275 g/mol. The predicted molar refractivity (Wildman–Crippen MR) is 69.9 cm³/mol. The molecular weight excluding hydrogens is 254 g/mol. The van der Waals surface area contributed by atoms with Gasteiger partial charge in [-0.2, -0.15) is 5.10 Å². The van der Waals surface area contributed by atoms with Crippen molar-refractivity contribution >= 4 is 10.0 Å². The Morgan fingerprint density at radius 3 is 2.72 bits per heavy atom. The minimum Gasteiger partial charge on any atom is -0.318 e. The number of sulfonamides is 1. The molecular formula is C10H21N5O2S. The lowest BCUT2D eigenvalue weighted by molar-refractivity contribution is 0.412. The quantitative estimate of drug-likeness (QED) is 0.632. The van der Waals surface area contributed by atoms with Crippen LogP contribution in [0.15, 0.2) is 17.3 Å². The zero-order valence-corrected chi connectivity index (χ0v) is 11.9. The second kappa shape index (κ2) is 6.83. The minimum absolute atomic E-state index is 0.206. The van der Waals surface area contributed by atoms with Crippen molar-refractivity contribution in [2.75, 3.05) is 40.8 Å². The molecule has 0 aliphatic heterocycles. The summed E-state index contributed by atoms with van der Waals surface area (Å²) in [4.78, 5) is 2.12. The Balaban J connectivity index is 2.58. The number of nitrogens with zero attached hydrogens (tertiary/aromatic N) is 3. The molecule has 2 N–H and O–H groups in total. The lowest BCUT2D eigenvalue weighted by atomic mass is 10.6. The SMILES string of the molecule is CNCCn1cc(S(=O)(=O)NCCN(C)C)cn1. The van der Waals surface area contributed by atoms with Crippen molar-refractivity contribution < 1.29 is 8.42 Å². The number of nitrogens with one attached hydrogen (secondary N) is 2. The molecule has 0 atom stereocenters. The van der Waals surface area contributed by atoms with E-state index in [1.54, 1.807) is 4.68 Å². The lowest BCUT2D eigenvalue weighted by Crippen LogP contribution is -2.31. The molecule has 8 heteroatoms. The minimum atomic E-state index is -3.44. The highest BCUT2D eigenvalue weighted by Crippen LogP contribution is 2.06. The molecule has 18 heavy (non-hydrogen) atoms. The van der Waals surface area contributed by atoms with Crippen molar-refractivity contribution in [1.29, 1.82) is 0 Å². The molecule has 1 aromatic heterocycles. The highest BCUT2D eigenvalue weighted by molar-refractivity contribution is 7.89. The van der Waals surface area contributed by atoms with Crippen LogP contribution in [0.25, 0.3) is 0 Å². The summed E-state index contributed by atoms with van der Waals surface area (Å²) >= 11 is 0. The van der Waals surface area contributed by atoms with Crippen LogP contribution in [0, 0.1) is 0 Å². The molecule has 1 aromatic rings. The van der Waals surface area contributed by atoms with Gasteiger partial charge in [0.2, 0.25) is 10.0 Å². The Hall–Kier alpha value is -0.960. The van der Waals surface area contributed by atoms with Gasteiger partial charge in [-0.1, -0.05) is 0 Å². The highest BCUT2D eigenvalue weighted by atomic mass is 32.2. The van der Waals surface area contributed by atoms with E-state index in [1.807, 2.05) is 26.0 Å². The predicted octanol–water partition coefficient (Wildman–Crippen LogP) is -1.06. The smallest absolute Gasteiger partial charge is 0.243 e. The summed E-state index contributed by atoms with van der Waals surface area (Å²) in [5.74, 6) is 0. The first-order valence-electron chi connectivity index (χ1n) is 5.77. The van der Waals surface area contributed by atoms with Crippen LogP contribution in [-0.4, -0.2) is 63.9 Å². The Morgan fingerprint density at radius 1 is 1.39 bits per heavy atom. The molecule has 1 heterocycles. The van der Waals surface area contributed by atoms with Gasteiger partial charge in [-0.3, -0.25) is 4.68 Å². The summed E-state index contributed by atoms with van der Waals surface area (Å²) < 4.78 is 28.0. The fraction of sp³-hybridized carbons (Fsp3) is 0.700. The van der Waals surface area contributed by atoms with Crippen molar-refractivity contribution in [2.45, 2.75) is 11.4 Å². The molecule has 0 fully saturated rings. The molecule has 0 saturated carbocycles. The van der Waals surface area contributed by atoms with Gasteiger partial charge < -0.3 is 10.2 Å². The van der Waals surface area contributed by atoms with Crippen LogP contribution in [-0.2, 0) is 16.6 Å². The summed E-state index contributed by atoms with van der Waals surface area (Å²) in [6.45, 7) is 2.43. The first kappa shape index (κ1) is 15.1. The number of rotatable bonds is 8. The second-order valence-corrected chi connectivity index (χ2v) is 6.01. The Morgan fingerprint density at radius 2 is 2.11 bits per heavy atom. The fourth-order valence-corrected chi connectivity index (χ4v) is 2.29. The Bertz CT molecular complexity index is 455. The van der Waals surface area contributed by atoms with Gasteiger partial charge in [-0.25, -0.2) is 13.1 Å². The standard InChI is InChI=1S/C10H21N5O2S/c1-11-4-7-15-9-10(8-12-15)18(16,17)13-5-6-14(2)3/h8-9,11,13H,4-7H2,1-3H3. The third-order valence-electron chi connectivity index (χ3n) is 2.36. The van der Waals surface area contributed by atoms with E-state index >= 15 is 0 Å². The van der Waals surface area contributed by atoms with Crippen LogP contribution >= 0.6 is 0 Å². The van der Waals surface area contributed by atoms with E-state index in [2.05, 4.69) is 15.1 Å². The first-order valence-corrected chi connectivity index (χ1v) is 7.25. The molecule has 0 bridgehead atoms. The van der Waals surface area contributed by atoms with Gasteiger partial charge in [0.1, 0.15) is 4.90 Å². The molecule has 7 nitrogen and oxygen atoms in total. The topological polar surface area (TPSA) is 79.3 Å². The summed E-state index contributed by atoms with van der Waals surface area (Å²) in [5, 5.41) is 6.99. The van der Waals surface area contributed by atoms with Gasteiger partial charge in [0, 0.05) is 25.8 Å². The van der Waals surface area contributed by atoms with Gasteiger partial charge in [-0.15, -0.1) is 0 Å². The molecule has 0 aliphatic carbocycles. The summed E-state index contributed by atoms with van der Waals surface area (Å²) in [6.07, 6.45) is 2.91. The van der Waals surface area contributed by atoms with Crippen LogP contribution in [0.5, 0.6) is 0 Å². The monoisotopic (exact) mass is 275 g/mol. The van der Waals surface area contributed by atoms with Crippen molar-refractivity contribution in [3.63, 3.8) is 0 Å². The van der Waals surface area contributed by atoms with Crippen LogP contribution in [0.4, 0.5) is 0 Å². The number of aromatic nitrogens is 2. The van der Waals surface area contributed by atoms with Crippen LogP contribution < -0.4 is 10.0 Å². The van der Waals surface area contributed by atoms with Gasteiger partial charge >= 0.3 is 0 Å². The lowest BCUT2D eigenvalue weighted by Gasteiger charge is -2.09. The zero-order valence-electron chi connectivity index (χ0n) is 11.0. The molecule has 0 aromatic carbocycles. The maximum absolute atomic E-state index is 11.9. The van der Waals surface area contributed by atoms with Crippen LogP contribution in [0.2, 0.25) is 0 Å². The van der Waals surface area contributed by atoms with Crippen molar-refractivity contribution in [3.8, 4) is 0 Å². The van der Waals surface area contributed by atoms with Gasteiger partial charge in [-0.05, 0) is 21.1 Å². The van der Waals surface area contributed by atoms with E-state index in [0.29, 0.717) is 19.6 Å². The molecule has 0 unspecified atom stereocenters. The van der Waals surface area contributed by atoms with E-state index in [1.165, 1.54) is 12.4 Å². The number of likely N-dealkylation sites (N-methyl/N-ethyl adjacent to an activating group) is 2. The van der Waals surface area contributed by atoms with Crippen LogP contribution in [0.3, 0.4) is 0 Å². The Labute approximate surface area is 108 Å². The largest absolute Gasteiger partial charge is 0.318 e. The fourth-order valence-electron chi connectivity index (χ4n) is 1.32. The van der Waals surface area contributed by atoms with Gasteiger partial charge in [0.05, 0.1) is 12.7 Å². The van der Waals surface area contributed by atoms with Crippen molar-refractivity contribution in [3.05, 3.63) is 12.4 Å². The van der Waals surface area contributed by atoms with Crippen LogP contribution in [0.1, 0.15) is 0 Å². The molecule has 0 amide bonds. The second-order valence-electron chi connectivity index (χ2n) is 4.24. The number of hydrogen-bond acceptors (Lipinski definition) is 5. The molecule has 0 radical (unpaired) electrons. The van der Waals surface area contributed by atoms with E-state index in [-0.39, 0.29) is 4.90 Å². The summed E-state index contributed by atoms with van der Waals surface area (Å²) in [5.41, 5.74) is 0. The van der Waals surface area contributed by atoms with E-state index in [9.17, 15) is 8.42 Å². The van der Waals surface area contributed by atoms with E-state index < -0.39 is 10.0 Å². The summed E-state index contributed by atoms with van der Waals surface area (Å²) in [6, 6.07) is 0. The molecule has 1 rings (SSSR count). The van der Waals surface area contributed by atoms with Gasteiger partial charge in [0.25, 0.3) is 0 Å². The molecule has 104 valence electrons. The van der Waals surface area contributed by atoms with E-state index in [4.69, 9.17) is 0 Å². The third-order valence-corrected chi connectivity index (χ3v) is 3.78. The number of hydrogen-bond donors (Lipinski definition) is 2. The molecule has 0 saturated heterocycles. The first-order chi connectivity index (χ1) is 8.45. The maximum atomic E-state index is 11.9. The Kier molecular flexibility index (Phi) is 5.73. The highest BCUT2D eigenvalue weighted by Gasteiger charge is 2.15. The third kappa shape index (κ3) is 4.73. The zero-order chi connectivity index (χ0) is 13.6. The van der Waals surface area contributed by atoms with E-state index in [0.717, 1.165) is 6.54 Å². The average Bonchev–Trinajstić information content (AvgIpc) is 2.74. The molecule has 0 spiro atoms. The normalized spacial score (nSPS) is 12.2. The van der Waals surface area contributed by atoms with Crippen molar-refractivity contribution in [1.82, 2.24) is 24.7 Å². The van der Waals surface area contributed by atoms with Gasteiger partial charge in [0.15, 0.2) is 0 Å².